The molecule has 0 aliphatic rings. The summed E-state index contributed by atoms with van der Waals surface area (Å²) in [5.41, 5.74) is 1.87. The van der Waals surface area contributed by atoms with Gasteiger partial charge in [0.05, 0.1) is 7.11 Å². The molecule has 15 heavy (non-hydrogen) atoms. The maximum atomic E-state index is 11.5. The molecule has 0 radical (unpaired) electrons. The van der Waals surface area contributed by atoms with Gasteiger partial charge in [0.25, 0.3) is 0 Å². The molecule has 0 N–H and O–H groups in total. The van der Waals surface area contributed by atoms with Crippen molar-refractivity contribution in [3.05, 3.63) is 23.5 Å². The molecule has 0 unspecified atom stereocenters. The number of carbonyl (C=O) groups is 1. The first kappa shape index (κ1) is 11.8. The van der Waals surface area contributed by atoms with E-state index in [4.69, 9.17) is 4.74 Å². The van der Waals surface area contributed by atoms with E-state index in [0.717, 1.165) is 25.8 Å². The Morgan fingerprint density at radius 3 is 2.67 bits per heavy atom. The van der Waals surface area contributed by atoms with Crippen LogP contribution in [-0.4, -0.2) is 17.6 Å². The minimum atomic E-state index is -0.245. The highest BCUT2D eigenvalue weighted by molar-refractivity contribution is 5.87. The quantitative estimate of drug-likeness (QED) is 0.698. The zero-order valence-corrected chi connectivity index (χ0v) is 9.75. The molecule has 3 nitrogen and oxygen atoms in total. The molecule has 1 heterocycles. The molecular formula is C12H19NO2. The summed E-state index contributed by atoms with van der Waals surface area (Å²) in [7, 11) is 1.42. The molecule has 0 aliphatic heterocycles. The third kappa shape index (κ3) is 2.61. The topological polar surface area (TPSA) is 31.2 Å². The van der Waals surface area contributed by atoms with Crippen molar-refractivity contribution >= 4 is 5.97 Å². The fourth-order valence-corrected chi connectivity index (χ4v) is 1.68. The minimum absolute atomic E-state index is 0.245. The fourth-order valence-electron chi connectivity index (χ4n) is 1.68. The maximum absolute atomic E-state index is 11.5. The Morgan fingerprint density at radius 1 is 1.40 bits per heavy atom. The van der Waals surface area contributed by atoms with Crippen molar-refractivity contribution in [3.8, 4) is 0 Å². The van der Waals surface area contributed by atoms with Crippen molar-refractivity contribution in [2.45, 2.75) is 39.7 Å². The van der Waals surface area contributed by atoms with Crippen molar-refractivity contribution in [2.24, 2.45) is 0 Å². The number of aromatic nitrogens is 1. The number of hydrogen-bond acceptors (Lipinski definition) is 2. The number of nitrogens with zero attached hydrogens (tertiary/aromatic N) is 1. The Bertz CT molecular complexity index is 328. The average molecular weight is 209 g/mol. The van der Waals surface area contributed by atoms with Gasteiger partial charge in [-0.25, -0.2) is 4.79 Å². The van der Waals surface area contributed by atoms with E-state index < -0.39 is 0 Å². The summed E-state index contributed by atoms with van der Waals surface area (Å²) in [6.07, 6.45) is 3.16. The highest BCUT2D eigenvalue weighted by Gasteiger charge is 2.13. The number of methoxy groups -OCH3 is 1. The summed E-state index contributed by atoms with van der Waals surface area (Å²) < 4.78 is 6.82. The molecule has 0 spiro atoms. The summed E-state index contributed by atoms with van der Waals surface area (Å²) >= 11 is 0. The summed E-state index contributed by atoms with van der Waals surface area (Å²) in [6, 6.07) is 3.85. The van der Waals surface area contributed by atoms with Crippen LogP contribution in [0.4, 0.5) is 0 Å². The second kappa shape index (κ2) is 5.59. The van der Waals surface area contributed by atoms with Gasteiger partial charge in [-0.15, -0.1) is 0 Å². The van der Waals surface area contributed by atoms with Gasteiger partial charge in [-0.1, -0.05) is 20.3 Å². The zero-order chi connectivity index (χ0) is 11.3. The molecule has 0 atom stereocenters. The first-order valence-corrected chi connectivity index (χ1v) is 5.51. The molecule has 3 heteroatoms. The Balaban J connectivity index is 2.94. The molecule has 0 saturated carbocycles. The number of esters is 1. The van der Waals surface area contributed by atoms with Crippen LogP contribution in [0.25, 0.3) is 0 Å². The Hall–Kier alpha value is -1.25. The number of unbranched alkanes of at least 4 members (excludes halogenated alkanes) is 1. The Morgan fingerprint density at radius 2 is 2.13 bits per heavy atom. The van der Waals surface area contributed by atoms with Crippen LogP contribution in [0.5, 0.6) is 0 Å². The smallest absolute Gasteiger partial charge is 0.354 e. The minimum Gasteiger partial charge on any atom is -0.464 e. The summed E-state index contributed by atoms with van der Waals surface area (Å²) in [6.45, 7) is 5.14. The van der Waals surface area contributed by atoms with E-state index in [0.29, 0.717) is 5.69 Å². The molecular weight excluding hydrogens is 190 g/mol. The second-order valence-corrected chi connectivity index (χ2v) is 3.56. The van der Waals surface area contributed by atoms with Crippen molar-refractivity contribution in [2.75, 3.05) is 7.11 Å². The van der Waals surface area contributed by atoms with Crippen LogP contribution in [0.1, 0.15) is 42.9 Å². The van der Waals surface area contributed by atoms with E-state index in [2.05, 4.69) is 18.4 Å². The van der Waals surface area contributed by atoms with E-state index in [1.54, 1.807) is 0 Å². The second-order valence-electron chi connectivity index (χ2n) is 3.56. The van der Waals surface area contributed by atoms with Crippen LogP contribution >= 0.6 is 0 Å². The van der Waals surface area contributed by atoms with Crippen molar-refractivity contribution in [1.29, 1.82) is 0 Å². The predicted molar refractivity (Wildman–Crippen MR) is 60.1 cm³/mol. The number of rotatable bonds is 5. The van der Waals surface area contributed by atoms with Crippen molar-refractivity contribution in [3.63, 3.8) is 0 Å². The lowest BCUT2D eigenvalue weighted by Crippen LogP contribution is -2.12. The fraction of sp³-hybridized carbons (Fsp3) is 0.583. The number of carbonyl (C=O) groups excluding carboxylic acids is 1. The lowest BCUT2D eigenvalue weighted by atomic mass is 10.3. The van der Waals surface area contributed by atoms with Crippen LogP contribution in [0.3, 0.4) is 0 Å². The highest BCUT2D eigenvalue weighted by atomic mass is 16.5. The summed E-state index contributed by atoms with van der Waals surface area (Å²) in [4.78, 5) is 11.5. The molecule has 84 valence electrons. The van der Waals surface area contributed by atoms with Gasteiger partial charge in [-0.05, 0) is 25.0 Å². The van der Waals surface area contributed by atoms with Crippen LogP contribution < -0.4 is 0 Å². The van der Waals surface area contributed by atoms with E-state index >= 15 is 0 Å². The van der Waals surface area contributed by atoms with E-state index in [-0.39, 0.29) is 5.97 Å². The lowest BCUT2D eigenvalue weighted by Gasteiger charge is -2.10. The molecule has 0 aliphatic carbocycles. The summed E-state index contributed by atoms with van der Waals surface area (Å²) in [5, 5.41) is 0. The lowest BCUT2D eigenvalue weighted by molar-refractivity contribution is 0.0588. The molecule has 1 rings (SSSR count). The van der Waals surface area contributed by atoms with Gasteiger partial charge in [0, 0.05) is 12.2 Å². The van der Waals surface area contributed by atoms with Gasteiger partial charge in [-0.3, -0.25) is 0 Å². The standard InChI is InChI=1S/C12H19NO2/c1-4-6-9-13-10(5-2)7-8-11(13)12(14)15-3/h7-8H,4-6,9H2,1-3H3. The molecule has 0 amide bonds. The third-order valence-electron chi connectivity index (χ3n) is 2.56. The van der Waals surface area contributed by atoms with Gasteiger partial charge in [-0.2, -0.15) is 0 Å². The van der Waals surface area contributed by atoms with Crippen LogP contribution in [-0.2, 0) is 17.7 Å². The molecule has 1 aromatic rings. The molecule has 0 saturated heterocycles. The monoisotopic (exact) mass is 209 g/mol. The highest BCUT2D eigenvalue weighted by Crippen LogP contribution is 2.12. The zero-order valence-electron chi connectivity index (χ0n) is 9.75. The van der Waals surface area contributed by atoms with Gasteiger partial charge < -0.3 is 9.30 Å². The van der Waals surface area contributed by atoms with Gasteiger partial charge in [0.1, 0.15) is 5.69 Å². The normalized spacial score (nSPS) is 10.3. The van der Waals surface area contributed by atoms with Crippen LogP contribution in [0.2, 0.25) is 0 Å². The molecule has 1 aromatic heterocycles. The van der Waals surface area contributed by atoms with Gasteiger partial charge in [0.2, 0.25) is 0 Å². The van der Waals surface area contributed by atoms with Crippen LogP contribution in [0, 0.1) is 0 Å². The molecule has 0 bridgehead atoms. The van der Waals surface area contributed by atoms with Crippen molar-refractivity contribution in [1.82, 2.24) is 4.57 Å². The van der Waals surface area contributed by atoms with E-state index in [1.165, 1.54) is 12.8 Å². The van der Waals surface area contributed by atoms with Gasteiger partial charge >= 0.3 is 5.97 Å². The van der Waals surface area contributed by atoms with Gasteiger partial charge in [0.15, 0.2) is 0 Å². The third-order valence-corrected chi connectivity index (χ3v) is 2.56. The number of aryl methyl sites for hydroxylation is 1. The SMILES string of the molecule is CCCCn1c(CC)ccc1C(=O)OC. The Kier molecular flexibility index (Phi) is 4.40. The first-order chi connectivity index (χ1) is 7.24. The molecule has 0 fully saturated rings. The molecule has 0 aromatic carbocycles. The average Bonchev–Trinajstić information content (AvgIpc) is 2.67. The van der Waals surface area contributed by atoms with Crippen molar-refractivity contribution < 1.29 is 9.53 Å². The number of hydrogen-bond donors (Lipinski definition) is 0. The Labute approximate surface area is 91.0 Å². The summed E-state index contributed by atoms with van der Waals surface area (Å²) in [5.74, 6) is -0.245. The first-order valence-electron chi connectivity index (χ1n) is 5.51. The van der Waals surface area contributed by atoms with E-state index in [9.17, 15) is 4.79 Å². The largest absolute Gasteiger partial charge is 0.464 e. The number of ether oxygens (including phenoxy) is 1. The maximum Gasteiger partial charge on any atom is 0.354 e. The van der Waals surface area contributed by atoms with E-state index in [1.807, 2.05) is 12.1 Å². The predicted octanol–water partition coefficient (Wildman–Crippen LogP) is 2.64. The van der Waals surface area contributed by atoms with Crippen LogP contribution in [0.15, 0.2) is 12.1 Å².